The van der Waals surface area contributed by atoms with Gasteiger partial charge in [-0.15, -0.1) is 0 Å². The smallest absolute Gasteiger partial charge is 0.257 e. The van der Waals surface area contributed by atoms with Gasteiger partial charge in [0.25, 0.3) is 5.56 Å². The molecule has 0 bridgehead atoms. The summed E-state index contributed by atoms with van der Waals surface area (Å²) in [6, 6.07) is 9.66. The molecule has 1 atom stereocenters. The van der Waals surface area contributed by atoms with Gasteiger partial charge in [0, 0.05) is 11.9 Å². The molecule has 1 aromatic carbocycles. The highest BCUT2D eigenvalue weighted by molar-refractivity contribution is 5.83. The van der Waals surface area contributed by atoms with E-state index in [2.05, 4.69) is 15.6 Å². The molecule has 0 radical (unpaired) electrons. The molecule has 3 rings (SSSR count). The van der Waals surface area contributed by atoms with Crippen molar-refractivity contribution < 1.29 is 0 Å². The summed E-state index contributed by atoms with van der Waals surface area (Å²) in [5, 5.41) is 8.42. The van der Waals surface area contributed by atoms with Gasteiger partial charge in [-0.1, -0.05) is 18.2 Å². The highest BCUT2D eigenvalue weighted by Crippen LogP contribution is 2.14. The lowest BCUT2D eigenvalue weighted by Crippen LogP contribution is -2.15. The standard InChI is InChI=1S/C15H19N3O/c19-15-13-4-2-1-3-12(13)9-14(18-15)17-8-6-11-5-7-16-10-11/h1-4,9,11,16H,5-8,10H2,(H2,17,18,19). The van der Waals surface area contributed by atoms with Crippen LogP contribution >= 0.6 is 0 Å². The molecule has 1 saturated heterocycles. The average Bonchev–Trinajstić information content (AvgIpc) is 2.92. The van der Waals surface area contributed by atoms with Gasteiger partial charge in [0.15, 0.2) is 0 Å². The van der Waals surface area contributed by atoms with Crippen molar-refractivity contribution in [2.24, 2.45) is 5.92 Å². The van der Waals surface area contributed by atoms with Crippen LogP contribution in [0.4, 0.5) is 5.82 Å². The van der Waals surface area contributed by atoms with Crippen LogP contribution in [0, 0.1) is 5.92 Å². The number of anilines is 1. The molecule has 1 fully saturated rings. The number of rotatable bonds is 4. The summed E-state index contributed by atoms with van der Waals surface area (Å²) < 4.78 is 0. The summed E-state index contributed by atoms with van der Waals surface area (Å²) in [4.78, 5) is 14.8. The molecule has 19 heavy (non-hydrogen) atoms. The molecule has 100 valence electrons. The van der Waals surface area contributed by atoms with Gasteiger partial charge in [0.1, 0.15) is 5.82 Å². The van der Waals surface area contributed by atoms with Crippen LogP contribution in [0.2, 0.25) is 0 Å². The highest BCUT2D eigenvalue weighted by Gasteiger charge is 2.13. The zero-order valence-corrected chi connectivity index (χ0v) is 10.9. The lowest BCUT2D eigenvalue weighted by atomic mass is 10.1. The van der Waals surface area contributed by atoms with Crippen molar-refractivity contribution in [2.45, 2.75) is 12.8 Å². The lowest BCUT2D eigenvalue weighted by molar-refractivity contribution is 0.549. The van der Waals surface area contributed by atoms with Crippen LogP contribution < -0.4 is 16.2 Å². The zero-order valence-electron chi connectivity index (χ0n) is 10.9. The third-order valence-electron chi connectivity index (χ3n) is 3.78. The summed E-state index contributed by atoms with van der Waals surface area (Å²) in [6.45, 7) is 3.16. The monoisotopic (exact) mass is 257 g/mol. The van der Waals surface area contributed by atoms with E-state index in [4.69, 9.17) is 0 Å². The maximum absolute atomic E-state index is 11.9. The van der Waals surface area contributed by atoms with Crippen LogP contribution in [0.25, 0.3) is 10.8 Å². The van der Waals surface area contributed by atoms with E-state index in [1.165, 1.54) is 6.42 Å². The topological polar surface area (TPSA) is 56.9 Å². The Morgan fingerprint density at radius 3 is 3.05 bits per heavy atom. The third kappa shape index (κ3) is 2.79. The van der Waals surface area contributed by atoms with E-state index in [1.54, 1.807) is 0 Å². The second kappa shape index (κ2) is 5.45. The second-order valence-electron chi connectivity index (χ2n) is 5.17. The second-order valence-corrected chi connectivity index (χ2v) is 5.17. The Kier molecular flexibility index (Phi) is 3.51. The first-order valence-electron chi connectivity index (χ1n) is 6.89. The Hall–Kier alpha value is -1.81. The summed E-state index contributed by atoms with van der Waals surface area (Å²) >= 11 is 0. The minimum Gasteiger partial charge on any atom is -0.372 e. The summed E-state index contributed by atoms with van der Waals surface area (Å²) in [5.74, 6) is 1.58. The predicted octanol–water partition coefficient (Wildman–Crippen LogP) is 1.94. The van der Waals surface area contributed by atoms with Crippen molar-refractivity contribution in [2.75, 3.05) is 25.0 Å². The molecule has 4 heteroatoms. The molecule has 1 aliphatic rings. The number of nitrogens with one attached hydrogen (secondary N) is 3. The number of hydrogen-bond acceptors (Lipinski definition) is 3. The number of aromatic nitrogens is 1. The van der Waals surface area contributed by atoms with Gasteiger partial charge in [0.2, 0.25) is 0 Å². The maximum atomic E-state index is 11.9. The molecule has 0 spiro atoms. The number of H-pyrrole nitrogens is 1. The lowest BCUT2D eigenvalue weighted by Gasteiger charge is -2.10. The van der Waals surface area contributed by atoms with Crippen molar-refractivity contribution in [1.82, 2.24) is 10.3 Å². The summed E-state index contributed by atoms with van der Waals surface area (Å²) in [6.07, 6.45) is 2.40. The van der Waals surface area contributed by atoms with Gasteiger partial charge in [-0.05, 0) is 49.4 Å². The quantitative estimate of drug-likeness (QED) is 0.784. The summed E-state index contributed by atoms with van der Waals surface area (Å²) in [5.41, 5.74) is -0.0249. The molecular formula is C15H19N3O. The van der Waals surface area contributed by atoms with E-state index in [9.17, 15) is 4.79 Å². The van der Waals surface area contributed by atoms with Gasteiger partial charge in [-0.3, -0.25) is 4.79 Å². The van der Waals surface area contributed by atoms with E-state index < -0.39 is 0 Å². The molecule has 1 aromatic heterocycles. The number of hydrogen-bond donors (Lipinski definition) is 3. The Balaban J connectivity index is 1.69. The van der Waals surface area contributed by atoms with Crippen molar-refractivity contribution in [1.29, 1.82) is 0 Å². The third-order valence-corrected chi connectivity index (χ3v) is 3.78. The molecule has 1 aliphatic heterocycles. The number of benzene rings is 1. The molecule has 0 aliphatic carbocycles. The SMILES string of the molecule is O=c1[nH]c(NCCC2CCNC2)cc2ccccc12. The zero-order chi connectivity index (χ0) is 13.1. The van der Waals surface area contributed by atoms with Crippen LogP contribution in [0.1, 0.15) is 12.8 Å². The van der Waals surface area contributed by atoms with E-state index >= 15 is 0 Å². The Morgan fingerprint density at radius 1 is 1.32 bits per heavy atom. The molecule has 2 aromatic rings. The molecule has 4 nitrogen and oxygen atoms in total. The maximum Gasteiger partial charge on any atom is 0.257 e. The Morgan fingerprint density at radius 2 is 2.21 bits per heavy atom. The number of pyridine rings is 1. The van der Waals surface area contributed by atoms with Crippen LogP contribution in [-0.2, 0) is 0 Å². The van der Waals surface area contributed by atoms with Gasteiger partial charge < -0.3 is 15.6 Å². The molecule has 0 amide bonds. The first-order valence-corrected chi connectivity index (χ1v) is 6.89. The van der Waals surface area contributed by atoms with Gasteiger partial charge in [0.05, 0.1) is 0 Å². The van der Waals surface area contributed by atoms with Crippen LogP contribution in [0.3, 0.4) is 0 Å². The van der Waals surface area contributed by atoms with Crippen molar-refractivity contribution in [3.05, 3.63) is 40.7 Å². The first-order chi connectivity index (χ1) is 9.33. The Bertz CT molecular complexity index is 614. The minimum atomic E-state index is -0.0249. The summed E-state index contributed by atoms with van der Waals surface area (Å²) in [7, 11) is 0. The van der Waals surface area contributed by atoms with Crippen molar-refractivity contribution in [3.8, 4) is 0 Å². The molecule has 0 saturated carbocycles. The van der Waals surface area contributed by atoms with Gasteiger partial charge in [-0.2, -0.15) is 0 Å². The van der Waals surface area contributed by atoms with Crippen LogP contribution in [-0.4, -0.2) is 24.6 Å². The largest absolute Gasteiger partial charge is 0.372 e. The molecule has 3 N–H and O–H groups in total. The van der Waals surface area contributed by atoms with Crippen molar-refractivity contribution in [3.63, 3.8) is 0 Å². The molecule has 2 heterocycles. The number of fused-ring (bicyclic) bond motifs is 1. The highest BCUT2D eigenvalue weighted by atomic mass is 16.1. The average molecular weight is 257 g/mol. The fraction of sp³-hybridized carbons (Fsp3) is 0.400. The van der Waals surface area contributed by atoms with Crippen LogP contribution in [0.15, 0.2) is 35.1 Å². The Labute approximate surface area is 112 Å². The molecule has 1 unspecified atom stereocenters. The first kappa shape index (κ1) is 12.2. The van der Waals surface area contributed by atoms with Crippen molar-refractivity contribution >= 4 is 16.6 Å². The normalized spacial score (nSPS) is 18.8. The van der Waals surface area contributed by atoms with Gasteiger partial charge in [-0.25, -0.2) is 0 Å². The fourth-order valence-corrected chi connectivity index (χ4v) is 2.68. The van der Waals surface area contributed by atoms with E-state index in [0.29, 0.717) is 0 Å². The minimum absolute atomic E-state index is 0.0249. The fourth-order valence-electron chi connectivity index (χ4n) is 2.68. The molecular weight excluding hydrogens is 238 g/mol. The van der Waals surface area contributed by atoms with Gasteiger partial charge >= 0.3 is 0 Å². The van der Waals surface area contributed by atoms with Crippen LogP contribution in [0.5, 0.6) is 0 Å². The predicted molar refractivity (Wildman–Crippen MR) is 78.7 cm³/mol. The van der Waals surface area contributed by atoms with E-state index in [0.717, 1.165) is 48.6 Å². The number of aromatic amines is 1. The van der Waals surface area contributed by atoms with E-state index in [-0.39, 0.29) is 5.56 Å². The van der Waals surface area contributed by atoms with E-state index in [1.807, 2.05) is 30.3 Å².